The Labute approximate surface area is 122 Å². The smallest absolute Gasteiger partial charge is 0.239 e. The summed E-state index contributed by atoms with van der Waals surface area (Å²) in [6.07, 6.45) is 3.84. The van der Waals surface area contributed by atoms with E-state index in [0.717, 1.165) is 13.1 Å². The van der Waals surface area contributed by atoms with Crippen LogP contribution in [0.3, 0.4) is 0 Å². The number of carbonyl (C=O) groups is 1. The van der Waals surface area contributed by atoms with Gasteiger partial charge in [-0.2, -0.15) is 0 Å². The van der Waals surface area contributed by atoms with E-state index in [-0.39, 0.29) is 36.8 Å². The van der Waals surface area contributed by atoms with Crippen LogP contribution in [0.15, 0.2) is 0 Å². The molecule has 0 radical (unpaired) electrons. The third-order valence-electron chi connectivity index (χ3n) is 3.86. The van der Waals surface area contributed by atoms with Crippen LogP contribution in [-0.2, 0) is 4.79 Å². The minimum Gasteiger partial charge on any atom is -0.336 e. The molecule has 2 rings (SSSR count). The number of piperazine rings is 1. The minimum absolute atomic E-state index is 0. The summed E-state index contributed by atoms with van der Waals surface area (Å²) in [4.78, 5) is 16.5. The minimum atomic E-state index is -0.363. The van der Waals surface area contributed by atoms with Gasteiger partial charge in [0.1, 0.15) is 0 Å². The number of fused-ring (bicyclic) bond motifs is 1. The molecule has 2 N–H and O–H groups in total. The Morgan fingerprint density at radius 1 is 1.28 bits per heavy atom. The predicted molar refractivity (Wildman–Crippen MR) is 78.5 cm³/mol. The molecule has 1 amide bonds. The molecule has 108 valence electrons. The van der Waals surface area contributed by atoms with E-state index >= 15 is 0 Å². The molecular weight excluding hydrogens is 273 g/mol. The zero-order valence-corrected chi connectivity index (χ0v) is 12.8. The lowest BCUT2D eigenvalue weighted by Gasteiger charge is -2.47. The molecule has 0 spiro atoms. The number of hydrogen-bond donors (Lipinski definition) is 1. The third kappa shape index (κ3) is 3.73. The van der Waals surface area contributed by atoms with Crippen LogP contribution in [0.5, 0.6) is 0 Å². The number of rotatable bonds is 1. The van der Waals surface area contributed by atoms with Gasteiger partial charge in [0.2, 0.25) is 5.91 Å². The standard InChI is InChI=1S/C12H23N3O.2ClH/c1-9-7-14-6-4-3-5-11(14)8-15(9)12(16)10(2)13;;/h9-11H,3-8,13H2,1-2H3;2*1H/t9?,10-,11?;;/m0../s1. The van der Waals surface area contributed by atoms with Crippen molar-refractivity contribution in [2.45, 2.75) is 51.2 Å². The van der Waals surface area contributed by atoms with Crippen LogP contribution in [0.1, 0.15) is 33.1 Å². The SMILES string of the molecule is CC1CN2CCCCC2CN1C(=O)[C@H](C)N.Cl.Cl. The lowest BCUT2D eigenvalue weighted by molar-refractivity contribution is -0.139. The van der Waals surface area contributed by atoms with Crippen molar-refractivity contribution in [1.29, 1.82) is 0 Å². The average molecular weight is 298 g/mol. The Morgan fingerprint density at radius 2 is 1.94 bits per heavy atom. The maximum atomic E-state index is 12.0. The monoisotopic (exact) mass is 297 g/mol. The summed E-state index contributed by atoms with van der Waals surface area (Å²) in [5.74, 6) is 0.109. The Morgan fingerprint density at radius 3 is 2.56 bits per heavy atom. The van der Waals surface area contributed by atoms with Gasteiger partial charge in [-0.15, -0.1) is 24.8 Å². The molecule has 2 saturated heterocycles. The van der Waals surface area contributed by atoms with Crippen molar-refractivity contribution in [3.05, 3.63) is 0 Å². The second-order valence-electron chi connectivity index (χ2n) is 5.27. The van der Waals surface area contributed by atoms with E-state index < -0.39 is 0 Å². The number of amides is 1. The zero-order valence-electron chi connectivity index (χ0n) is 11.2. The van der Waals surface area contributed by atoms with Crippen molar-refractivity contribution in [2.24, 2.45) is 5.73 Å². The molecule has 2 aliphatic heterocycles. The summed E-state index contributed by atoms with van der Waals surface area (Å²) in [5, 5.41) is 0. The highest BCUT2D eigenvalue weighted by molar-refractivity contribution is 5.85. The first-order chi connectivity index (χ1) is 7.59. The van der Waals surface area contributed by atoms with Crippen molar-refractivity contribution >= 4 is 30.7 Å². The molecule has 2 fully saturated rings. The molecule has 3 atom stereocenters. The largest absolute Gasteiger partial charge is 0.336 e. The number of halogens is 2. The molecule has 4 nitrogen and oxygen atoms in total. The maximum Gasteiger partial charge on any atom is 0.239 e. The maximum absolute atomic E-state index is 12.0. The van der Waals surface area contributed by atoms with Gasteiger partial charge in [0, 0.05) is 25.2 Å². The van der Waals surface area contributed by atoms with Gasteiger partial charge < -0.3 is 10.6 Å². The molecule has 0 aromatic carbocycles. The van der Waals surface area contributed by atoms with E-state index in [1.807, 2.05) is 4.90 Å². The highest BCUT2D eigenvalue weighted by Gasteiger charge is 2.35. The van der Waals surface area contributed by atoms with Crippen LogP contribution in [0, 0.1) is 0 Å². The Hall–Kier alpha value is -0.0300. The second kappa shape index (κ2) is 7.53. The lowest BCUT2D eigenvalue weighted by atomic mass is 9.97. The zero-order chi connectivity index (χ0) is 11.7. The van der Waals surface area contributed by atoms with Gasteiger partial charge in [-0.3, -0.25) is 9.69 Å². The Balaban J connectivity index is 0.00000144. The number of nitrogens with zero attached hydrogens (tertiary/aromatic N) is 2. The summed E-state index contributed by atoms with van der Waals surface area (Å²) in [7, 11) is 0. The van der Waals surface area contributed by atoms with Gasteiger partial charge in [-0.1, -0.05) is 6.42 Å². The van der Waals surface area contributed by atoms with Gasteiger partial charge in [0.15, 0.2) is 0 Å². The quantitative estimate of drug-likeness (QED) is 0.793. The van der Waals surface area contributed by atoms with E-state index in [1.165, 1.54) is 25.8 Å². The van der Waals surface area contributed by atoms with Crippen LogP contribution in [0.4, 0.5) is 0 Å². The van der Waals surface area contributed by atoms with Crippen LogP contribution in [0.25, 0.3) is 0 Å². The fourth-order valence-electron chi connectivity index (χ4n) is 2.92. The summed E-state index contributed by atoms with van der Waals surface area (Å²) < 4.78 is 0. The number of carbonyl (C=O) groups excluding carboxylic acids is 1. The summed E-state index contributed by atoms with van der Waals surface area (Å²) in [6.45, 7) is 7.01. The van der Waals surface area contributed by atoms with Gasteiger partial charge in [-0.25, -0.2) is 0 Å². The second-order valence-corrected chi connectivity index (χ2v) is 5.27. The van der Waals surface area contributed by atoms with E-state index in [2.05, 4.69) is 11.8 Å². The lowest BCUT2D eigenvalue weighted by Crippen LogP contribution is -2.62. The van der Waals surface area contributed by atoms with Crippen molar-refractivity contribution < 1.29 is 4.79 Å². The van der Waals surface area contributed by atoms with Crippen molar-refractivity contribution in [1.82, 2.24) is 9.80 Å². The molecule has 2 heterocycles. The van der Waals surface area contributed by atoms with Crippen LogP contribution in [0.2, 0.25) is 0 Å². The number of nitrogens with two attached hydrogens (primary N) is 1. The molecule has 0 aromatic heterocycles. The molecule has 2 unspecified atom stereocenters. The molecule has 0 aliphatic carbocycles. The third-order valence-corrected chi connectivity index (χ3v) is 3.86. The highest BCUT2D eigenvalue weighted by Crippen LogP contribution is 2.24. The van der Waals surface area contributed by atoms with Crippen LogP contribution >= 0.6 is 24.8 Å². The first-order valence-corrected chi connectivity index (χ1v) is 6.39. The fraction of sp³-hybridized carbons (Fsp3) is 0.917. The molecular formula is C12H25Cl2N3O. The van der Waals surface area contributed by atoms with Gasteiger partial charge in [0.05, 0.1) is 6.04 Å². The van der Waals surface area contributed by atoms with E-state index in [0.29, 0.717) is 12.1 Å². The average Bonchev–Trinajstić information content (AvgIpc) is 2.27. The molecule has 0 aromatic rings. The van der Waals surface area contributed by atoms with Crippen molar-refractivity contribution in [2.75, 3.05) is 19.6 Å². The van der Waals surface area contributed by atoms with Gasteiger partial charge in [-0.05, 0) is 33.2 Å². The number of hydrogen-bond acceptors (Lipinski definition) is 3. The van der Waals surface area contributed by atoms with Crippen molar-refractivity contribution in [3.8, 4) is 0 Å². The molecule has 18 heavy (non-hydrogen) atoms. The molecule has 2 aliphatic rings. The van der Waals surface area contributed by atoms with Crippen LogP contribution < -0.4 is 5.73 Å². The normalized spacial score (nSPS) is 29.6. The van der Waals surface area contributed by atoms with Crippen LogP contribution in [-0.4, -0.2) is 53.5 Å². The highest BCUT2D eigenvalue weighted by atomic mass is 35.5. The first kappa shape index (κ1) is 18.0. The molecule has 6 heteroatoms. The Bertz CT molecular complexity index is 276. The van der Waals surface area contributed by atoms with E-state index in [1.54, 1.807) is 6.92 Å². The van der Waals surface area contributed by atoms with Crippen molar-refractivity contribution in [3.63, 3.8) is 0 Å². The molecule has 0 saturated carbocycles. The topological polar surface area (TPSA) is 49.6 Å². The van der Waals surface area contributed by atoms with E-state index in [9.17, 15) is 4.79 Å². The van der Waals surface area contributed by atoms with Gasteiger partial charge in [0.25, 0.3) is 0 Å². The fourth-order valence-corrected chi connectivity index (χ4v) is 2.92. The number of piperidine rings is 1. The van der Waals surface area contributed by atoms with E-state index in [4.69, 9.17) is 5.73 Å². The first-order valence-electron chi connectivity index (χ1n) is 6.39. The summed E-state index contributed by atoms with van der Waals surface area (Å²) in [6, 6.07) is 0.526. The van der Waals surface area contributed by atoms with Gasteiger partial charge >= 0.3 is 0 Å². The Kier molecular flexibility index (Phi) is 7.52. The molecule has 0 bridgehead atoms. The predicted octanol–water partition coefficient (Wildman–Crippen LogP) is 1.26. The summed E-state index contributed by atoms with van der Waals surface area (Å²) >= 11 is 0. The summed E-state index contributed by atoms with van der Waals surface area (Å²) in [5.41, 5.74) is 5.69.